The molecule has 0 amide bonds. The van der Waals surface area contributed by atoms with E-state index in [0.717, 1.165) is 50.4 Å². The average Bonchev–Trinajstić information content (AvgIpc) is 3.10. The van der Waals surface area contributed by atoms with Crippen LogP contribution in [0.4, 0.5) is 0 Å². The summed E-state index contributed by atoms with van der Waals surface area (Å²) in [6, 6.07) is 25.8. The Labute approximate surface area is 284 Å². The predicted octanol–water partition coefficient (Wildman–Crippen LogP) is 8.50. The summed E-state index contributed by atoms with van der Waals surface area (Å²) >= 11 is 0. The highest BCUT2D eigenvalue weighted by molar-refractivity contribution is 7.40. The molecule has 1 atom stereocenters. The Morgan fingerprint density at radius 3 is 2.35 bits per heavy atom. The number of ether oxygens (including phenoxy) is 4. The summed E-state index contributed by atoms with van der Waals surface area (Å²) in [5, 5.41) is 8.70. The molecule has 5 rings (SSSR count). The Kier molecular flexibility index (Phi) is 11.4. The summed E-state index contributed by atoms with van der Waals surface area (Å²) in [5.41, 5.74) is 7.72. The zero-order valence-electron chi connectivity index (χ0n) is 28.4. The van der Waals surface area contributed by atoms with Crippen molar-refractivity contribution in [3.63, 3.8) is 0 Å². The van der Waals surface area contributed by atoms with Crippen molar-refractivity contribution >= 4 is 8.03 Å². The Balaban J connectivity index is 1.39. The van der Waals surface area contributed by atoms with Gasteiger partial charge in [0.15, 0.2) is 11.5 Å². The first kappa shape index (κ1) is 34.9. The molecule has 1 aliphatic heterocycles. The van der Waals surface area contributed by atoms with Crippen LogP contribution in [0.15, 0.2) is 72.8 Å². The average molecular weight is 668 g/mol. The Morgan fingerprint density at radius 2 is 1.62 bits per heavy atom. The zero-order valence-corrected chi connectivity index (χ0v) is 29.3. The fraction of sp³-hybridized carbons (Fsp3) is 0.359. The van der Waals surface area contributed by atoms with E-state index in [-0.39, 0.29) is 6.61 Å². The van der Waals surface area contributed by atoms with Crippen LogP contribution in [0.3, 0.4) is 0 Å². The second-order valence-electron chi connectivity index (χ2n) is 12.4. The molecule has 4 aromatic rings. The Bertz CT molecular complexity index is 1810. The van der Waals surface area contributed by atoms with Crippen molar-refractivity contribution in [2.45, 2.75) is 65.5 Å². The van der Waals surface area contributed by atoms with Crippen LogP contribution in [0.2, 0.25) is 0 Å². The number of rotatable bonds is 14. The second kappa shape index (κ2) is 15.7. The van der Waals surface area contributed by atoms with Gasteiger partial charge in [-0.1, -0.05) is 50.2 Å². The van der Waals surface area contributed by atoms with E-state index in [0.29, 0.717) is 62.8 Å². The molecule has 1 N–H and O–H groups in total. The van der Waals surface area contributed by atoms with Gasteiger partial charge in [0.25, 0.3) is 0 Å². The topological polar surface area (TPSA) is 101 Å². The van der Waals surface area contributed by atoms with Gasteiger partial charge in [0.2, 0.25) is 5.16 Å². The number of hydrogen-bond donors (Lipinski definition) is 1. The minimum absolute atomic E-state index is 0.280. The minimum atomic E-state index is -2.35. The number of aryl methyl sites for hydroxylation is 1. The highest BCUT2D eigenvalue weighted by atomic mass is 31.1. The highest BCUT2D eigenvalue weighted by Gasteiger charge is 2.46. The van der Waals surface area contributed by atoms with Crippen LogP contribution in [0, 0.1) is 25.2 Å². The smallest absolute Gasteiger partial charge is 0.488 e. The third kappa shape index (κ3) is 7.99. The van der Waals surface area contributed by atoms with E-state index in [1.165, 1.54) is 0 Å². The molecular weight excluding hydrogens is 623 g/mol. The molecule has 0 aliphatic carbocycles. The molecule has 1 heterocycles. The van der Waals surface area contributed by atoms with Crippen LogP contribution in [0.5, 0.6) is 23.0 Å². The lowest BCUT2D eigenvalue weighted by Gasteiger charge is -2.26. The van der Waals surface area contributed by atoms with E-state index in [1.54, 1.807) is 6.07 Å². The second-order valence-corrected chi connectivity index (χ2v) is 13.9. The molecule has 0 saturated carbocycles. The van der Waals surface area contributed by atoms with Crippen molar-refractivity contribution in [1.29, 1.82) is 5.26 Å². The number of hydrogen-bond acceptors (Lipinski definition) is 7. The molecule has 48 heavy (non-hydrogen) atoms. The quantitative estimate of drug-likeness (QED) is 0.134. The molecular formula is C39H44N2O6P+. The third-order valence-corrected chi connectivity index (χ3v) is 10.8. The number of nitrogens with zero attached hydrogens (tertiary/aromatic N) is 2. The normalized spacial score (nSPS) is 12.8. The van der Waals surface area contributed by atoms with E-state index in [4.69, 9.17) is 18.9 Å². The zero-order chi connectivity index (χ0) is 34.3. The van der Waals surface area contributed by atoms with Crippen LogP contribution in [0.1, 0.15) is 60.1 Å². The Hall–Kier alpha value is -4.41. The number of fused-ring (bicyclic) bond motifs is 1. The molecule has 1 aliphatic rings. The first-order valence-electron chi connectivity index (χ1n) is 16.4. The Morgan fingerprint density at radius 1 is 0.896 bits per heavy atom. The number of nitriles is 1. The SMILES string of the molecule is CCC(CC)(CN(C)Cc1cc(C)c(OCc2cccc(-c3ccc4c(c3)OCCO4)c2C)cc1OCc1cccc(C#N)c1)[P+](=O)O. The van der Waals surface area contributed by atoms with Crippen molar-refractivity contribution in [3.8, 4) is 40.2 Å². The van der Waals surface area contributed by atoms with Gasteiger partial charge in [-0.05, 0) is 102 Å². The summed E-state index contributed by atoms with van der Waals surface area (Å²) in [5.74, 6) is 2.90. The van der Waals surface area contributed by atoms with Crippen LogP contribution in [-0.2, 0) is 24.3 Å². The van der Waals surface area contributed by atoms with E-state index in [1.807, 2.05) is 70.3 Å². The monoisotopic (exact) mass is 667 g/mol. The largest absolute Gasteiger partial charge is 0.513 e. The van der Waals surface area contributed by atoms with Crippen LogP contribution in [-0.4, -0.2) is 41.8 Å². The van der Waals surface area contributed by atoms with Gasteiger partial charge in [-0.15, -0.1) is 0 Å². The lowest BCUT2D eigenvalue weighted by molar-refractivity contribution is 0.171. The number of benzene rings is 4. The molecule has 9 heteroatoms. The fourth-order valence-electron chi connectivity index (χ4n) is 6.21. The van der Waals surface area contributed by atoms with Crippen LogP contribution >= 0.6 is 8.03 Å². The third-order valence-electron chi connectivity index (χ3n) is 9.22. The van der Waals surface area contributed by atoms with Crippen molar-refractivity contribution in [2.24, 2.45) is 0 Å². The lowest BCUT2D eigenvalue weighted by Crippen LogP contribution is -2.37. The van der Waals surface area contributed by atoms with E-state index >= 15 is 0 Å². The maximum absolute atomic E-state index is 12.4. The molecule has 8 nitrogen and oxygen atoms in total. The molecule has 0 spiro atoms. The summed E-state index contributed by atoms with van der Waals surface area (Å²) in [7, 11) is -0.379. The molecule has 0 bridgehead atoms. The summed E-state index contributed by atoms with van der Waals surface area (Å²) in [6.45, 7) is 10.8. The van der Waals surface area contributed by atoms with E-state index in [9.17, 15) is 14.7 Å². The van der Waals surface area contributed by atoms with Gasteiger partial charge in [-0.3, -0.25) is 4.90 Å². The summed E-state index contributed by atoms with van der Waals surface area (Å²) in [6.07, 6.45) is 1.22. The molecule has 0 aromatic heterocycles. The standard InChI is InChI=1S/C39H43N2O6P/c1-6-39(7-2,48(42)43)26-41(5)23-33-18-27(3)36(21-37(33)46-24-30-11-8-10-29(19-30)22-40)47-25-32-12-9-13-34(28(32)4)31-14-15-35-38(20-31)45-17-16-44-35/h8-15,18-21H,6-7,16-17,23-26H2,1-5H3/p+1. The van der Waals surface area contributed by atoms with Crippen molar-refractivity contribution in [2.75, 3.05) is 26.8 Å². The first-order chi connectivity index (χ1) is 23.2. The first-order valence-corrected chi connectivity index (χ1v) is 17.6. The van der Waals surface area contributed by atoms with Gasteiger partial charge in [0.05, 0.1) is 18.2 Å². The van der Waals surface area contributed by atoms with E-state index < -0.39 is 13.2 Å². The van der Waals surface area contributed by atoms with Crippen molar-refractivity contribution in [1.82, 2.24) is 4.90 Å². The van der Waals surface area contributed by atoms with Crippen LogP contribution < -0.4 is 18.9 Å². The van der Waals surface area contributed by atoms with Gasteiger partial charge in [-0.2, -0.15) is 10.2 Å². The molecule has 0 fully saturated rings. The van der Waals surface area contributed by atoms with Crippen molar-refractivity contribution < 1.29 is 28.4 Å². The van der Waals surface area contributed by atoms with E-state index in [2.05, 4.69) is 42.2 Å². The summed E-state index contributed by atoms with van der Waals surface area (Å²) in [4.78, 5) is 12.3. The van der Waals surface area contributed by atoms with Gasteiger partial charge in [0, 0.05) is 18.2 Å². The van der Waals surface area contributed by atoms with Gasteiger partial charge in [0.1, 0.15) is 37.9 Å². The molecule has 4 aromatic carbocycles. The van der Waals surface area contributed by atoms with Crippen molar-refractivity contribution in [3.05, 3.63) is 106 Å². The predicted molar refractivity (Wildman–Crippen MR) is 188 cm³/mol. The highest BCUT2D eigenvalue weighted by Crippen LogP contribution is 2.42. The maximum Gasteiger partial charge on any atom is 0.513 e. The van der Waals surface area contributed by atoms with Gasteiger partial charge in [-0.25, -0.2) is 0 Å². The minimum Gasteiger partial charge on any atom is -0.488 e. The summed E-state index contributed by atoms with van der Waals surface area (Å²) < 4.78 is 36.8. The molecule has 0 radical (unpaired) electrons. The molecule has 250 valence electrons. The van der Waals surface area contributed by atoms with Crippen LogP contribution in [0.25, 0.3) is 11.1 Å². The molecule has 1 unspecified atom stereocenters. The lowest BCUT2D eigenvalue weighted by atomic mass is 9.96. The van der Waals surface area contributed by atoms with Gasteiger partial charge < -0.3 is 18.9 Å². The fourth-order valence-corrected chi connectivity index (χ4v) is 7.11. The van der Waals surface area contributed by atoms with Gasteiger partial charge >= 0.3 is 8.03 Å². The molecule has 0 saturated heterocycles. The maximum atomic E-state index is 12.4.